The van der Waals surface area contributed by atoms with Gasteiger partial charge in [0.05, 0.1) is 13.2 Å². The molecular weight excluding hydrogens is 266 g/mol. The maximum Gasteiger partial charge on any atom is 0.325 e. The van der Waals surface area contributed by atoms with Crippen LogP contribution in [0.15, 0.2) is 18.2 Å². The number of unbranched alkanes of at least 4 members (excludes halogenated alkanes) is 1. The molecule has 0 amide bonds. The summed E-state index contributed by atoms with van der Waals surface area (Å²) in [6.07, 6.45) is 2.29. The van der Waals surface area contributed by atoms with E-state index in [4.69, 9.17) is 15.2 Å². The number of esters is 1. The van der Waals surface area contributed by atoms with Gasteiger partial charge < -0.3 is 15.2 Å². The van der Waals surface area contributed by atoms with Gasteiger partial charge in [0.1, 0.15) is 11.3 Å². The molecule has 0 aliphatic heterocycles. The fraction of sp³-hybridized carbons (Fsp3) is 0.588. The second kappa shape index (κ2) is 8.03. The Kier molecular flexibility index (Phi) is 6.69. The minimum Gasteiger partial charge on any atom is -0.494 e. The Morgan fingerprint density at radius 3 is 2.57 bits per heavy atom. The zero-order valence-corrected chi connectivity index (χ0v) is 13.6. The van der Waals surface area contributed by atoms with E-state index in [1.54, 1.807) is 13.8 Å². The zero-order chi connectivity index (χ0) is 15.9. The Morgan fingerprint density at radius 1 is 1.24 bits per heavy atom. The third-order valence-corrected chi connectivity index (χ3v) is 3.58. The van der Waals surface area contributed by atoms with Gasteiger partial charge in [0.15, 0.2) is 0 Å². The quantitative estimate of drug-likeness (QED) is 0.591. The summed E-state index contributed by atoms with van der Waals surface area (Å²) in [4.78, 5) is 11.6. The highest BCUT2D eigenvalue weighted by atomic mass is 16.5. The Labute approximate surface area is 127 Å². The molecule has 0 heterocycles. The summed E-state index contributed by atoms with van der Waals surface area (Å²) < 4.78 is 10.7. The molecule has 0 aliphatic rings. The van der Waals surface area contributed by atoms with Crippen LogP contribution in [0.5, 0.6) is 5.75 Å². The molecule has 0 saturated heterocycles. The van der Waals surface area contributed by atoms with Crippen molar-refractivity contribution < 1.29 is 14.3 Å². The molecule has 4 nitrogen and oxygen atoms in total. The smallest absolute Gasteiger partial charge is 0.325 e. The number of nitrogens with two attached hydrogens (primary N) is 1. The van der Waals surface area contributed by atoms with Gasteiger partial charge >= 0.3 is 5.97 Å². The molecule has 1 atom stereocenters. The molecule has 1 rings (SSSR count). The van der Waals surface area contributed by atoms with Crippen LogP contribution in [0.25, 0.3) is 0 Å². The summed E-state index contributed by atoms with van der Waals surface area (Å²) in [5, 5.41) is 0. The number of benzene rings is 1. The van der Waals surface area contributed by atoms with Gasteiger partial charge in [-0.25, -0.2) is 0 Å². The zero-order valence-electron chi connectivity index (χ0n) is 13.6. The maximum absolute atomic E-state index is 11.6. The predicted octanol–water partition coefficient (Wildman–Crippen LogP) is 3.13. The first kappa shape index (κ1) is 17.5. The van der Waals surface area contributed by atoms with E-state index in [2.05, 4.69) is 19.9 Å². The molecule has 1 aromatic rings. The molecule has 4 heteroatoms. The number of carbonyl (C=O) groups is 1. The van der Waals surface area contributed by atoms with E-state index in [-0.39, 0.29) is 5.97 Å². The number of hydrogen-bond acceptors (Lipinski definition) is 4. The molecule has 0 aromatic heterocycles. The van der Waals surface area contributed by atoms with Crippen LogP contribution in [0.4, 0.5) is 0 Å². The molecule has 2 N–H and O–H groups in total. The van der Waals surface area contributed by atoms with Gasteiger partial charge in [-0.1, -0.05) is 6.07 Å². The highest BCUT2D eigenvalue weighted by Crippen LogP contribution is 2.17. The lowest BCUT2D eigenvalue weighted by Gasteiger charge is -2.22. The van der Waals surface area contributed by atoms with Gasteiger partial charge in [-0.15, -0.1) is 0 Å². The molecule has 1 unspecified atom stereocenters. The van der Waals surface area contributed by atoms with Crippen molar-refractivity contribution >= 4 is 5.97 Å². The first-order chi connectivity index (χ1) is 9.86. The van der Waals surface area contributed by atoms with Gasteiger partial charge in [-0.3, -0.25) is 4.79 Å². The lowest BCUT2D eigenvalue weighted by atomic mass is 9.96. The van der Waals surface area contributed by atoms with Crippen LogP contribution in [0.3, 0.4) is 0 Å². The van der Waals surface area contributed by atoms with Crippen LogP contribution in [0.1, 0.15) is 44.2 Å². The Balaban J connectivity index is 2.28. The van der Waals surface area contributed by atoms with Crippen LogP contribution in [0.2, 0.25) is 0 Å². The first-order valence-electron chi connectivity index (χ1n) is 7.53. The standard InChI is InChI=1S/C17H27NO3/c1-5-20-16(19)17(4,18)10-6-7-11-21-15-9-8-13(2)14(3)12-15/h8-9,12H,5-7,10-11,18H2,1-4H3. The van der Waals surface area contributed by atoms with Crippen molar-refractivity contribution in [3.05, 3.63) is 29.3 Å². The SMILES string of the molecule is CCOC(=O)C(C)(N)CCCCOc1ccc(C)c(C)c1. The summed E-state index contributed by atoms with van der Waals surface area (Å²) in [5.41, 5.74) is 7.54. The van der Waals surface area contributed by atoms with Gasteiger partial charge in [0.25, 0.3) is 0 Å². The highest BCUT2D eigenvalue weighted by molar-refractivity contribution is 5.79. The van der Waals surface area contributed by atoms with E-state index in [0.717, 1.165) is 18.6 Å². The van der Waals surface area contributed by atoms with Crippen molar-refractivity contribution in [1.29, 1.82) is 0 Å². The van der Waals surface area contributed by atoms with Gasteiger partial charge in [-0.2, -0.15) is 0 Å². The third-order valence-electron chi connectivity index (χ3n) is 3.58. The minimum atomic E-state index is -0.906. The monoisotopic (exact) mass is 293 g/mol. The van der Waals surface area contributed by atoms with Gasteiger partial charge in [0, 0.05) is 0 Å². The van der Waals surface area contributed by atoms with Crippen LogP contribution >= 0.6 is 0 Å². The number of ether oxygens (including phenoxy) is 2. The molecule has 0 spiro atoms. The summed E-state index contributed by atoms with van der Waals surface area (Å²) in [7, 11) is 0. The number of rotatable bonds is 8. The third kappa shape index (κ3) is 5.76. The molecule has 21 heavy (non-hydrogen) atoms. The molecule has 0 bridgehead atoms. The largest absolute Gasteiger partial charge is 0.494 e. The highest BCUT2D eigenvalue weighted by Gasteiger charge is 2.28. The second-order valence-corrected chi connectivity index (χ2v) is 5.69. The molecule has 1 aromatic carbocycles. The van der Waals surface area contributed by atoms with E-state index >= 15 is 0 Å². The van der Waals surface area contributed by atoms with Crippen molar-refractivity contribution in [3.63, 3.8) is 0 Å². The summed E-state index contributed by atoms with van der Waals surface area (Å²) in [6, 6.07) is 6.08. The van der Waals surface area contributed by atoms with E-state index in [0.29, 0.717) is 19.6 Å². The van der Waals surface area contributed by atoms with Gasteiger partial charge in [0.2, 0.25) is 0 Å². The maximum atomic E-state index is 11.6. The lowest BCUT2D eigenvalue weighted by molar-refractivity contribution is -0.149. The van der Waals surface area contributed by atoms with E-state index in [1.165, 1.54) is 11.1 Å². The molecule has 0 aliphatic carbocycles. The van der Waals surface area contributed by atoms with Crippen molar-refractivity contribution in [1.82, 2.24) is 0 Å². The summed E-state index contributed by atoms with van der Waals surface area (Å²) in [6.45, 7) is 8.64. The van der Waals surface area contributed by atoms with E-state index < -0.39 is 5.54 Å². The predicted molar refractivity (Wildman–Crippen MR) is 84.5 cm³/mol. The van der Waals surface area contributed by atoms with Gasteiger partial charge in [-0.05, 0) is 70.2 Å². The normalized spacial score (nSPS) is 13.6. The van der Waals surface area contributed by atoms with Crippen LogP contribution in [-0.2, 0) is 9.53 Å². The molecule has 118 valence electrons. The van der Waals surface area contributed by atoms with Crippen molar-refractivity contribution in [3.8, 4) is 5.75 Å². The first-order valence-corrected chi connectivity index (χ1v) is 7.53. The van der Waals surface area contributed by atoms with Crippen molar-refractivity contribution in [2.75, 3.05) is 13.2 Å². The molecule has 0 fully saturated rings. The molecule has 0 saturated carbocycles. The Bertz CT molecular complexity index is 469. The molecule has 0 radical (unpaired) electrons. The number of aryl methyl sites for hydroxylation is 2. The average molecular weight is 293 g/mol. The van der Waals surface area contributed by atoms with Crippen molar-refractivity contribution in [2.24, 2.45) is 5.73 Å². The van der Waals surface area contributed by atoms with E-state index in [9.17, 15) is 4.79 Å². The van der Waals surface area contributed by atoms with Crippen LogP contribution < -0.4 is 10.5 Å². The second-order valence-electron chi connectivity index (χ2n) is 5.69. The fourth-order valence-electron chi connectivity index (χ4n) is 1.99. The number of carbonyl (C=O) groups excluding carboxylic acids is 1. The Morgan fingerprint density at radius 2 is 1.95 bits per heavy atom. The summed E-state index contributed by atoms with van der Waals surface area (Å²) >= 11 is 0. The molecular formula is C17H27NO3. The van der Waals surface area contributed by atoms with Crippen LogP contribution in [-0.4, -0.2) is 24.7 Å². The topological polar surface area (TPSA) is 61.5 Å². The minimum absolute atomic E-state index is 0.333. The summed E-state index contributed by atoms with van der Waals surface area (Å²) in [5.74, 6) is 0.555. The van der Waals surface area contributed by atoms with Crippen LogP contribution in [0, 0.1) is 13.8 Å². The fourth-order valence-corrected chi connectivity index (χ4v) is 1.99. The lowest BCUT2D eigenvalue weighted by Crippen LogP contribution is -2.46. The Hall–Kier alpha value is -1.55. The average Bonchev–Trinajstić information content (AvgIpc) is 2.42. The number of hydrogen-bond donors (Lipinski definition) is 1. The van der Waals surface area contributed by atoms with Crippen molar-refractivity contribution in [2.45, 2.75) is 52.5 Å². The van der Waals surface area contributed by atoms with E-state index in [1.807, 2.05) is 12.1 Å².